The van der Waals surface area contributed by atoms with Crippen molar-refractivity contribution in [2.24, 2.45) is 0 Å². The van der Waals surface area contributed by atoms with E-state index < -0.39 is 10.1 Å². The zero-order chi connectivity index (χ0) is 9.64. The molecule has 2 bridgehead atoms. The molecule has 2 saturated heterocycles. The minimum atomic E-state index is -3.26. The van der Waals surface area contributed by atoms with E-state index in [9.17, 15) is 8.42 Å². The van der Waals surface area contributed by atoms with Gasteiger partial charge in [0.15, 0.2) is 0 Å². The van der Waals surface area contributed by atoms with Crippen molar-refractivity contribution in [3.63, 3.8) is 0 Å². The van der Waals surface area contributed by atoms with Crippen molar-refractivity contribution < 1.29 is 12.6 Å². The Balaban J connectivity index is 1.93. The summed E-state index contributed by atoms with van der Waals surface area (Å²) in [7, 11) is -1.17. The number of nitrogens with zero attached hydrogens (tertiary/aromatic N) is 1. The maximum atomic E-state index is 10.9. The minimum Gasteiger partial charge on any atom is -0.300 e. The first-order valence-corrected chi connectivity index (χ1v) is 6.37. The lowest BCUT2D eigenvalue weighted by Crippen LogP contribution is -2.60. The van der Waals surface area contributed by atoms with Gasteiger partial charge in [0, 0.05) is 12.1 Å². The van der Waals surface area contributed by atoms with Crippen molar-refractivity contribution in [1.29, 1.82) is 0 Å². The summed E-state index contributed by atoms with van der Waals surface area (Å²) >= 11 is 0. The number of rotatable bonds is 2. The van der Waals surface area contributed by atoms with Gasteiger partial charge in [-0.25, -0.2) is 0 Å². The average Bonchev–Trinajstić information content (AvgIpc) is 2.00. The summed E-state index contributed by atoms with van der Waals surface area (Å²) < 4.78 is 26.7. The highest BCUT2D eigenvalue weighted by molar-refractivity contribution is 7.86. The van der Waals surface area contributed by atoms with Gasteiger partial charge in [-0.1, -0.05) is 0 Å². The molecule has 76 valence electrons. The van der Waals surface area contributed by atoms with Gasteiger partial charge in [0.25, 0.3) is 10.1 Å². The first-order valence-electron chi connectivity index (χ1n) is 4.56. The molecule has 13 heavy (non-hydrogen) atoms. The lowest BCUT2D eigenvalue weighted by atomic mass is 9.79. The maximum absolute atomic E-state index is 10.9. The molecule has 0 amide bonds. The first-order chi connectivity index (χ1) is 5.96. The highest BCUT2D eigenvalue weighted by Gasteiger charge is 2.44. The Kier molecular flexibility index (Phi) is 2.13. The number of fused-ring (bicyclic) bond motifs is 2. The summed E-state index contributed by atoms with van der Waals surface area (Å²) in [6.45, 7) is 0. The molecule has 2 heterocycles. The zero-order valence-corrected chi connectivity index (χ0v) is 8.75. The van der Waals surface area contributed by atoms with E-state index in [1.165, 1.54) is 6.42 Å². The van der Waals surface area contributed by atoms with E-state index in [1.807, 2.05) is 0 Å². The second kappa shape index (κ2) is 2.93. The fraction of sp³-hybridized carbons (Fsp3) is 1.00. The predicted octanol–water partition coefficient (Wildman–Crippen LogP) is 0.198. The van der Waals surface area contributed by atoms with Crippen LogP contribution in [0.4, 0.5) is 0 Å². The molecule has 2 aliphatic heterocycles. The van der Waals surface area contributed by atoms with Gasteiger partial charge < -0.3 is 4.90 Å². The van der Waals surface area contributed by atoms with Gasteiger partial charge in [-0.2, -0.15) is 8.42 Å². The monoisotopic (exact) mass is 205 g/mol. The van der Waals surface area contributed by atoms with E-state index in [-0.39, 0.29) is 6.10 Å². The Morgan fingerprint density at radius 1 is 1.23 bits per heavy atom. The zero-order valence-electron chi connectivity index (χ0n) is 7.93. The summed E-state index contributed by atoms with van der Waals surface area (Å²) in [5.74, 6) is 0. The van der Waals surface area contributed by atoms with E-state index in [0.717, 1.165) is 19.1 Å². The summed E-state index contributed by atoms with van der Waals surface area (Å²) in [6, 6.07) is 1.09. The van der Waals surface area contributed by atoms with Crippen LogP contribution in [0.2, 0.25) is 0 Å². The first kappa shape index (κ1) is 9.43. The van der Waals surface area contributed by atoms with Crippen molar-refractivity contribution in [2.75, 3.05) is 13.3 Å². The second-order valence-electron chi connectivity index (χ2n) is 4.10. The van der Waals surface area contributed by atoms with Crippen LogP contribution in [0.5, 0.6) is 0 Å². The third-order valence-electron chi connectivity index (χ3n) is 3.08. The third kappa shape index (κ3) is 1.87. The predicted molar refractivity (Wildman–Crippen MR) is 48.9 cm³/mol. The van der Waals surface area contributed by atoms with Crippen LogP contribution in [-0.4, -0.2) is 44.8 Å². The van der Waals surface area contributed by atoms with Gasteiger partial charge in [0.2, 0.25) is 0 Å². The van der Waals surface area contributed by atoms with Gasteiger partial charge in [-0.3, -0.25) is 4.18 Å². The van der Waals surface area contributed by atoms with Crippen LogP contribution in [0.15, 0.2) is 0 Å². The lowest BCUT2D eigenvalue weighted by Gasteiger charge is -2.53. The van der Waals surface area contributed by atoms with Crippen molar-refractivity contribution in [3.8, 4) is 0 Å². The summed E-state index contributed by atoms with van der Waals surface area (Å²) in [5, 5.41) is 0. The van der Waals surface area contributed by atoms with Crippen molar-refractivity contribution in [1.82, 2.24) is 4.90 Å². The molecule has 1 saturated carbocycles. The SMILES string of the molecule is CN1C2CC(OS(C)(=O)=O)CC1C2. The minimum absolute atomic E-state index is 0.0741. The summed E-state index contributed by atoms with van der Waals surface area (Å²) in [5.41, 5.74) is 0. The quantitative estimate of drug-likeness (QED) is 0.604. The molecule has 0 spiro atoms. The van der Waals surface area contributed by atoms with Crippen LogP contribution < -0.4 is 0 Å². The van der Waals surface area contributed by atoms with Crippen LogP contribution in [0.3, 0.4) is 0 Å². The van der Waals surface area contributed by atoms with Crippen LogP contribution >= 0.6 is 0 Å². The molecular formula is C8H15NO3S. The molecule has 0 radical (unpaired) electrons. The molecule has 3 aliphatic rings. The number of piperidine rings is 1. The molecule has 3 rings (SSSR count). The van der Waals surface area contributed by atoms with E-state index in [2.05, 4.69) is 11.9 Å². The van der Waals surface area contributed by atoms with Gasteiger partial charge in [0.1, 0.15) is 0 Å². The summed E-state index contributed by atoms with van der Waals surface area (Å²) in [4.78, 5) is 2.31. The van der Waals surface area contributed by atoms with Crippen molar-refractivity contribution in [2.45, 2.75) is 37.5 Å². The van der Waals surface area contributed by atoms with Crippen LogP contribution in [0.1, 0.15) is 19.3 Å². The van der Waals surface area contributed by atoms with Crippen LogP contribution in [0, 0.1) is 0 Å². The molecule has 0 aromatic heterocycles. The molecule has 2 unspecified atom stereocenters. The van der Waals surface area contributed by atoms with Gasteiger partial charge in [-0.05, 0) is 26.3 Å². The molecule has 0 N–H and O–H groups in total. The van der Waals surface area contributed by atoms with Crippen molar-refractivity contribution in [3.05, 3.63) is 0 Å². The molecule has 0 aromatic rings. The smallest absolute Gasteiger partial charge is 0.264 e. The van der Waals surface area contributed by atoms with E-state index in [0.29, 0.717) is 12.1 Å². The molecule has 5 heteroatoms. The van der Waals surface area contributed by atoms with Crippen LogP contribution in [-0.2, 0) is 14.3 Å². The highest BCUT2D eigenvalue weighted by atomic mass is 32.2. The number of hydrogen-bond acceptors (Lipinski definition) is 4. The molecule has 2 atom stereocenters. The van der Waals surface area contributed by atoms with E-state index in [1.54, 1.807) is 0 Å². The summed E-state index contributed by atoms with van der Waals surface area (Å²) in [6.07, 6.45) is 3.98. The van der Waals surface area contributed by atoms with Gasteiger partial charge in [0.05, 0.1) is 12.4 Å². The molecule has 1 aliphatic carbocycles. The normalized spacial score (nSPS) is 40.0. The van der Waals surface area contributed by atoms with Gasteiger partial charge >= 0.3 is 0 Å². The van der Waals surface area contributed by atoms with E-state index in [4.69, 9.17) is 4.18 Å². The Labute approximate surface area is 79.0 Å². The maximum Gasteiger partial charge on any atom is 0.264 e. The highest BCUT2D eigenvalue weighted by Crippen LogP contribution is 2.38. The topological polar surface area (TPSA) is 46.6 Å². The molecule has 3 fully saturated rings. The molecule has 4 nitrogen and oxygen atoms in total. The molecule has 0 aromatic carbocycles. The largest absolute Gasteiger partial charge is 0.300 e. The molecular weight excluding hydrogens is 190 g/mol. The standard InChI is InChI=1S/C8H15NO3S/c1-9-6-3-7(9)5-8(4-6)12-13(2,10)11/h6-8H,3-5H2,1-2H3. The fourth-order valence-electron chi connectivity index (χ4n) is 2.36. The third-order valence-corrected chi connectivity index (χ3v) is 3.70. The fourth-order valence-corrected chi connectivity index (χ4v) is 3.01. The van der Waals surface area contributed by atoms with Crippen molar-refractivity contribution >= 4 is 10.1 Å². The lowest BCUT2D eigenvalue weighted by molar-refractivity contribution is -0.0539. The second-order valence-corrected chi connectivity index (χ2v) is 5.70. The van der Waals surface area contributed by atoms with E-state index >= 15 is 0 Å². The van der Waals surface area contributed by atoms with Crippen LogP contribution in [0.25, 0.3) is 0 Å². The Morgan fingerprint density at radius 2 is 1.77 bits per heavy atom. The van der Waals surface area contributed by atoms with Gasteiger partial charge in [-0.15, -0.1) is 0 Å². The Morgan fingerprint density at radius 3 is 2.15 bits per heavy atom. The Bertz CT molecular complexity index is 289. The number of hydrogen-bond donors (Lipinski definition) is 0. The average molecular weight is 205 g/mol. The Hall–Kier alpha value is -0.130.